The summed E-state index contributed by atoms with van der Waals surface area (Å²) in [4.78, 5) is 12.8. The Bertz CT molecular complexity index is 1070. The number of anilines is 2. The molecule has 0 bridgehead atoms. The van der Waals surface area contributed by atoms with Gasteiger partial charge in [-0.05, 0) is 83.6 Å². The van der Waals surface area contributed by atoms with Gasteiger partial charge in [0, 0.05) is 9.26 Å². The summed E-state index contributed by atoms with van der Waals surface area (Å²) in [6.45, 7) is 1.60. The summed E-state index contributed by atoms with van der Waals surface area (Å²) in [5.74, 6) is -0.413. The van der Waals surface area contributed by atoms with Crippen LogP contribution < -0.4 is 9.62 Å². The van der Waals surface area contributed by atoms with Crippen molar-refractivity contribution in [2.24, 2.45) is 0 Å². The van der Waals surface area contributed by atoms with Crippen LogP contribution in [0.3, 0.4) is 0 Å². The number of rotatable bonds is 6. The van der Waals surface area contributed by atoms with Gasteiger partial charge in [-0.1, -0.05) is 30.3 Å². The van der Waals surface area contributed by atoms with E-state index in [0.717, 1.165) is 13.4 Å². The van der Waals surface area contributed by atoms with Crippen molar-refractivity contribution in [1.82, 2.24) is 0 Å². The predicted molar refractivity (Wildman–Crippen MR) is 120 cm³/mol. The van der Waals surface area contributed by atoms with Crippen molar-refractivity contribution in [3.05, 3.63) is 88.0 Å². The molecule has 0 radical (unpaired) electrons. The highest BCUT2D eigenvalue weighted by Crippen LogP contribution is 2.24. The highest BCUT2D eigenvalue weighted by Gasteiger charge is 2.27. The lowest BCUT2D eigenvalue weighted by atomic mass is 10.2. The van der Waals surface area contributed by atoms with Gasteiger partial charge in [-0.2, -0.15) is 0 Å². The van der Waals surface area contributed by atoms with Crippen LogP contribution >= 0.6 is 22.6 Å². The first kappa shape index (κ1) is 20.3. The molecule has 1 amide bonds. The average molecular weight is 506 g/mol. The summed E-state index contributed by atoms with van der Waals surface area (Å²) in [7, 11) is -3.89. The van der Waals surface area contributed by atoms with Crippen LogP contribution in [-0.2, 0) is 14.8 Å². The number of carbonyl (C=O) groups excluding carboxylic acids is 1. The molecule has 3 aromatic rings. The van der Waals surface area contributed by atoms with Gasteiger partial charge >= 0.3 is 0 Å². The van der Waals surface area contributed by atoms with Gasteiger partial charge < -0.3 is 5.32 Å². The van der Waals surface area contributed by atoms with Crippen molar-refractivity contribution < 1.29 is 13.2 Å². The van der Waals surface area contributed by atoms with E-state index in [1.54, 1.807) is 36.4 Å². The molecule has 3 rings (SSSR count). The molecule has 0 heterocycles. The van der Waals surface area contributed by atoms with Gasteiger partial charge in [-0.15, -0.1) is 0 Å². The zero-order chi connectivity index (χ0) is 20.1. The molecule has 0 fully saturated rings. The normalized spacial score (nSPS) is 11.1. The Morgan fingerprint density at radius 2 is 1.64 bits per heavy atom. The third-order valence-corrected chi connectivity index (χ3v) is 6.54. The number of hydrogen-bond acceptors (Lipinski definition) is 3. The SMILES string of the molecule is Cc1cccc(NC(=O)CN(c2ccc(I)cc2)S(=O)(=O)c2ccccc2)c1. The maximum Gasteiger partial charge on any atom is 0.264 e. The van der Waals surface area contributed by atoms with E-state index in [4.69, 9.17) is 0 Å². The Kier molecular flexibility index (Phi) is 6.35. The fraction of sp³-hybridized carbons (Fsp3) is 0.0952. The number of nitrogens with zero attached hydrogens (tertiary/aromatic N) is 1. The number of amides is 1. The highest BCUT2D eigenvalue weighted by atomic mass is 127. The molecule has 0 saturated heterocycles. The van der Waals surface area contributed by atoms with E-state index in [1.807, 2.05) is 37.3 Å². The zero-order valence-electron chi connectivity index (χ0n) is 15.2. The second kappa shape index (κ2) is 8.74. The molecule has 0 aromatic heterocycles. The van der Waals surface area contributed by atoms with E-state index in [1.165, 1.54) is 12.1 Å². The van der Waals surface area contributed by atoms with E-state index >= 15 is 0 Å². The van der Waals surface area contributed by atoms with Crippen molar-refractivity contribution >= 4 is 49.9 Å². The number of aryl methyl sites for hydroxylation is 1. The zero-order valence-corrected chi connectivity index (χ0v) is 18.1. The smallest absolute Gasteiger partial charge is 0.264 e. The van der Waals surface area contributed by atoms with Crippen LogP contribution in [0.1, 0.15) is 5.56 Å². The number of sulfonamides is 1. The van der Waals surface area contributed by atoms with Crippen molar-refractivity contribution in [3.63, 3.8) is 0 Å². The van der Waals surface area contributed by atoms with Gasteiger partial charge in [0.2, 0.25) is 5.91 Å². The molecule has 0 aliphatic rings. The number of hydrogen-bond donors (Lipinski definition) is 1. The molecule has 5 nitrogen and oxygen atoms in total. The van der Waals surface area contributed by atoms with Gasteiger partial charge in [-0.3, -0.25) is 9.10 Å². The van der Waals surface area contributed by atoms with Gasteiger partial charge in [0.15, 0.2) is 0 Å². The molecular weight excluding hydrogens is 487 g/mol. The fourth-order valence-corrected chi connectivity index (χ4v) is 4.50. The quantitative estimate of drug-likeness (QED) is 0.503. The molecule has 0 aliphatic heterocycles. The van der Waals surface area contributed by atoms with Gasteiger partial charge in [-0.25, -0.2) is 8.42 Å². The van der Waals surface area contributed by atoms with Gasteiger partial charge in [0.1, 0.15) is 6.54 Å². The molecule has 7 heteroatoms. The molecule has 0 aliphatic carbocycles. The van der Waals surface area contributed by atoms with Crippen molar-refractivity contribution in [2.75, 3.05) is 16.2 Å². The molecule has 0 unspecified atom stereocenters. The van der Waals surface area contributed by atoms with E-state index < -0.39 is 15.9 Å². The fourth-order valence-electron chi connectivity index (χ4n) is 2.70. The van der Waals surface area contributed by atoms with Crippen LogP contribution in [0.15, 0.2) is 83.8 Å². The number of halogens is 1. The Morgan fingerprint density at radius 3 is 2.29 bits per heavy atom. The lowest BCUT2D eigenvalue weighted by Gasteiger charge is -2.24. The molecular formula is C21H19IN2O3S. The third kappa shape index (κ3) is 4.90. The van der Waals surface area contributed by atoms with Crippen LogP contribution in [-0.4, -0.2) is 20.9 Å². The van der Waals surface area contributed by atoms with Crippen LogP contribution in [0, 0.1) is 10.5 Å². The summed E-state index contributed by atoms with van der Waals surface area (Å²) in [6, 6.07) is 22.5. The van der Waals surface area contributed by atoms with E-state index in [2.05, 4.69) is 27.9 Å². The van der Waals surface area contributed by atoms with Crippen molar-refractivity contribution in [3.8, 4) is 0 Å². The van der Waals surface area contributed by atoms with Crippen molar-refractivity contribution in [2.45, 2.75) is 11.8 Å². The van der Waals surface area contributed by atoms with E-state index in [-0.39, 0.29) is 11.4 Å². The first-order valence-electron chi connectivity index (χ1n) is 8.56. The average Bonchev–Trinajstić information content (AvgIpc) is 2.67. The second-order valence-electron chi connectivity index (χ2n) is 6.22. The van der Waals surface area contributed by atoms with Crippen LogP contribution in [0.25, 0.3) is 0 Å². The standard InChI is InChI=1S/C21H19IN2O3S/c1-16-6-5-7-18(14-16)23-21(25)15-24(19-12-10-17(22)11-13-19)28(26,27)20-8-3-2-4-9-20/h2-14H,15H2,1H3,(H,23,25). The first-order chi connectivity index (χ1) is 13.4. The topological polar surface area (TPSA) is 66.5 Å². The van der Waals surface area contributed by atoms with Crippen molar-refractivity contribution in [1.29, 1.82) is 0 Å². The molecule has 1 N–H and O–H groups in total. The largest absolute Gasteiger partial charge is 0.325 e. The monoisotopic (exact) mass is 506 g/mol. The minimum Gasteiger partial charge on any atom is -0.325 e. The van der Waals surface area contributed by atoms with E-state index in [0.29, 0.717) is 11.4 Å². The molecule has 144 valence electrons. The molecule has 0 saturated carbocycles. The minimum absolute atomic E-state index is 0.136. The Morgan fingerprint density at radius 1 is 0.964 bits per heavy atom. The molecule has 0 atom stereocenters. The summed E-state index contributed by atoms with van der Waals surface area (Å²) in [5.41, 5.74) is 2.07. The molecule has 0 spiro atoms. The maximum atomic E-state index is 13.2. The number of benzene rings is 3. The highest BCUT2D eigenvalue weighted by molar-refractivity contribution is 14.1. The number of nitrogens with one attached hydrogen (secondary N) is 1. The first-order valence-corrected chi connectivity index (χ1v) is 11.1. The summed E-state index contributed by atoms with van der Waals surface area (Å²) >= 11 is 2.15. The lowest BCUT2D eigenvalue weighted by Crippen LogP contribution is -2.38. The summed E-state index contributed by atoms with van der Waals surface area (Å²) in [6.07, 6.45) is 0. The Labute approximate surface area is 178 Å². The van der Waals surface area contributed by atoms with E-state index in [9.17, 15) is 13.2 Å². The summed E-state index contributed by atoms with van der Waals surface area (Å²) in [5, 5.41) is 2.77. The Balaban J connectivity index is 1.92. The molecule has 28 heavy (non-hydrogen) atoms. The lowest BCUT2D eigenvalue weighted by molar-refractivity contribution is -0.114. The van der Waals surface area contributed by atoms with Crippen LogP contribution in [0.2, 0.25) is 0 Å². The van der Waals surface area contributed by atoms with Crippen LogP contribution in [0.5, 0.6) is 0 Å². The minimum atomic E-state index is -3.89. The van der Waals surface area contributed by atoms with Gasteiger partial charge in [0.05, 0.1) is 10.6 Å². The predicted octanol–water partition coefficient (Wildman–Crippen LogP) is 4.43. The third-order valence-electron chi connectivity index (χ3n) is 4.03. The maximum absolute atomic E-state index is 13.2. The van der Waals surface area contributed by atoms with Crippen LogP contribution in [0.4, 0.5) is 11.4 Å². The second-order valence-corrected chi connectivity index (χ2v) is 9.33. The number of carbonyl (C=O) groups is 1. The summed E-state index contributed by atoms with van der Waals surface area (Å²) < 4.78 is 28.5. The van der Waals surface area contributed by atoms with Gasteiger partial charge in [0.25, 0.3) is 10.0 Å². The Hall–Kier alpha value is -2.39. The molecule has 3 aromatic carbocycles.